The van der Waals surface area contributed by atoms with Crippen LogP contribution in [-0.2, 0) is 7.05 Å². The Hall–Kier alpha value is -0.890. The molecule has 0 aromatic carbocycles. The van der Waals surface area contributed by atoms with Crippen molar-refractivity contribution in [3.05, 3.63) is 30.1 Å². The van der Waals surface area contributed by atoms with Crippen LogP contribution in [0.15, 0.2) is 24.5 Å². The van der Waals surface area contributed by atoms with Crippen LogP contribution in [0.2, 0.25) is 0 Å². The Kier molecular flexibility index (Phi) is 1.62. The van der Waals surface area contributed by atoms with Gasteiger partial charge in [-0.3, -0.25) is 0 Å². The number of aromatic nitrogens is 1. The summed E-state index contributed by atoms with van der Waals surface area (Å²) >= 11 is 0. The van der Waals surface area contributed by atoms with Crippen LogP contribution in [0.1, 0.15) is 18.0 Å². The molecule has 1 unspecified atom stereocenters. The number of pyridine rings is 1. The molecule has 1 aliphatic heterocycles. The Morgan fingerprint density at radius 3 is 2.55 bits per heavy atom. The standard InChI is InChI=1S/C9H13N2/c1-11-6-3-8(4-7-11)9-2-5-10-9/h3-4,6-7,9-10H,2,5H2,1H3/q+1. The number of rotatable bonds is 1. The van der Waals surface area contributed by atoms with E-state index in [1.165, 1.54) is 18.5 Å². The predicted molar refractivity (Wildman–Crippen MR) is 43.0 cm³/mol. The maximum atomic E-state index is 3.37. The van der Waals surface area contributed by atoms with Crippen LogP contribution in [-0.4, -0.2) is 6.54 Å². The Bertz CT molecular complexity index is 236. The van der Waals surface area contributed by atoms with Crippen molar-refractivity contribution >= 4 is 0 Å². The Balaban J connectivity index is 2.18. The third kappa shape index (κ3) is 1.26. The highest BCUT2D eigenvalue weighted by atomic mass is 15.0. The molecule has 0 bridgehead atoms. The topological polar surface area (TPSA) is 15.9 Å². The molecule has 1 fully saturated rings. The lowest BCUT2D eigenvalue weighted by atomic mass is 9.99. The van der Waals surface area contributed by atoms with Crippen molar-refractivity contribution in [1.29, 1.82) is 0 Å². The number of nitrogens with zero attached hydrogens (tertiary/aromatic N) is 1. The summed E-state index contributed by atoms with van der Waals surface area (Å²) in [6.07, 6.45) is 5.47. The smallest absolute Gasteiger partial charge is 0.168 e. The van der Waals surface area contributed by atoms with Gasteiger partial charge in [0.2, 0.25) is 0 Å². The van der Waals surface area contributed by atoms with E-state index in [2.05, 4.69) is 34.4 Å². The van der Waals surface area contributed by atoms with E-state index in [1.807, 2.05) is 7.05 Å². The van der Waals surface area contributed by atoms with Crippen molar-refractivity contribution in [3.63, 3.8) is 0 Å². The highest BCUT2D eigenvalue weighted by molar-refractivity contribution is 5.15. The van der Waals surface area contributed by atoms with Gasteiger partial charge in [0, 0.05) is 18.2 Å². The molecule has 1 atom stereocenters. The zero-order valence-electron chi connectivity index (χ0n) is 6.75. The van der Waals surface area contributed by atoms with Gasteiger partial charge in [-0.1, -0.05) is 0 Å². The number of hydrogen-bond acceptors (Lipinski definition) is 1. The summed E-state index contributed by atoms with van der Waals surface area (Å²) in [6.45, 7) is 1.17. The normalized spacial score (nSPS) is 22.8. The molecule has 1 aromatic rings. The Labute approximate surface area is 66.9 Å². The van der Waals surface area contributed by atoms with E-state index in [-0.39, 0.29) is 0 Å². The van der Waals surface area contributed by atoms with Crippen LogP contribution < -0.4 is 9.88 Å². The van der Waals surface area contributed by atoms with Crippen molar-refractivity contribution in [3.8, 4) is 0 Å². The van der Waals surface area contributed by atoms with E-state index in [0.717, 1.165) is 0 Å². The minimum Gasteiger partial charge on any atom is -0.310 e. The molecule has 0 amide bonds. The van der Waals surface area contributed by atoms with E-state index in [4.69, 9.17) is 0 Å². The first-order valence-corrected chi connectivity index (χ1v) is 4.05. The fourth-order valence-corrected chi connectivity index (χ4v) is 1.32. The van der Waals surface area contributed by atoms with Crippen LogP contribution in [0.25, 0.3) is 0 Å². The van der Waals surface area contributed by atoms with Crippen LogP contribution in [0, 0.1) is 0 Å². The molecule has 0 saturated carbocycles. The second-order valence-electron chi connectivity index (χ2n) is 3.09. The SMILES string of the molecule is C[n+]1ccc(C2CCN2)cc1. The monoisotopic (exact) mass is 149 g/mol. The molecular weight excluding hydrogens is 136 g/mol. The summed E-state index contributed by atoms with van der Waals surface area (Å²) in [5.74, 6) is 0. The molecule has 2 rings (SSSR count). The Morgan fingerprint density at radius 2 is 2.09 bits per heavy atom. The summed E-state index contributed by atoms with van der Waals surface area (Å²) in [5, 5.41) is 3.37. The Morgan fingerprint density at radius 1 is 1.45 bits per heavy atom. The van der Waals surface area contributed by atoms with E-state index in [9.17, 15) is 0 Å². The molecule has 2 nitrogen and oxygen atoms in total. The third-order valence-corrected chi connectivity index (χ3v) is 2.23. The first-order valence-electron chi connectivity index (χ1n) is 4.05. The van der Waals surface area contributed by atoms with Crippen molar-refractivity contribution in [2.24, 2.45) is 7.05 Å². The van der Waals surface area contributed by atoms with Gasteiger partial charge in [0.05, 0.1) is 0 Å². The van der Waals surface area contributed by atoms with Gasteiger partial charge < -0.3 is 5.32 Å². The van der Waals surface area contributed by atoms with Gasteiger partial charge in [0.25, 0.3) is 0 Å². The molecule has 11 heavy (non-hydrogen) atoms. The first-order chi connectivity index (χ1) is 5.36. The molecule has 1 saturated heterocycles. The molecule has 58 valence electrons. The maximum absolute atomic E-state index is 3.37. The van der Waals surface area contributed by atoms with Gasteiger partial charge in [-0.25, -0.2) is 4.57 Å². The average molecular weight is 149 g/mol. The van der Waals surface area contributed by atoms with Gasteiger partial charge in [0.1, 0.15) is 7.05 Å². The molecule has 0 spiro atoms. The predicted octanol–water partition coefficient (Wildman–Crippen LogP) is 0.545. The fourth-order valence-electron chi connectivity index (χ4n) is 1.32. The fraction of sp³-hybridized carbons (Fsp3) is 0.444. The van der Waals surface area contributed by atoms with Crippen molar-refractivity contribution in [2.75, 3.05) is 6.54 Å². The minimum absolute atomic E-state index is 0.621. The molecule has 2 heteroatoms. The molecule has 0 radical (unpaired) electrons. The second-order valence-corrected chi connectivity index (χ2v) is 3.09. The van der Waals surface area contributed by atoms with Gasteiger partial charge >= 0.3 is 0 Å². The highest BCUT2D eigenvalue weighted by Gasteiger charge is 2.18. The lowest BCUT2D eigenvalue weighted by Crippen LogP contribution is -2.36. The molecule has 2 heterocycles. The molecule has 1 aliphatic rings. The number of hydrogen-bond donors (Lipinski definition) is 1. The van der Waals surface area contributed by atoms with Gasteiger partial charge in [-0.05, 0) is 18.5 Å². The lowest BCUT2D eigenvalue weighted by molar-refractivity contribution is -0.671. The van der Waals surface area contributed by atoms with E-state index >= 15 is 0 Å². The minimum atomic E-state index is 0.621. The van der Waals surface area contributed by atoms with E-state index < -0.39 is 0 Å². The van der Waals surface area contributed by atoms with Crippen LogP contribution in [0.5, 0.6) is 0 Å². The summed E-state index contributed by atoms with van der Waals surface area (Å²) in [7, 11) is 2.04. The number of aryl methyl sites for hydroxylation is 1. The quantitative estimate of drug-likeness (QED) is 0.576. The van der Waals surface area contributed by atoms with E-state index in [1.54, 1.807) is 0 Å². The number of nitrogens with one attached hydrogen (secondary N) is 1. The molecule has 1 aromatic heterocycles. The zero-order valence-corrected chi connectivity index (χ0v) is 6.75. The second kappa shape index (κ2) is 2.62. The largest absolute Gasteiger partial charge is 0.310 e. The van der Waals surface area contributed by atoms with E-state index in [0.29, 0.717) is 6.04 Å². The lowest BCUT2D eigenvalue weighted by Gasteiger charge is -2.27. The zero-order chi connectivity index (χ0) is 7.68. The summed E-state index contributed by atoms with van der Waals surface area (Å²) in [6, 6.07) is 4.98. The average Bonchev–Trinajstić information content (AvgIpc) is 1.90. The van der Waals surface area contributed by atoms with Crippen molar-refractivity contribution < 1.29 is 4.57 Å². The summed E-state index contributed by atoms with van der Waals surface area (Å²) < 4.78 is 2.06. The van der Waals surface area contributed by atoms with Gasteiger partial charge in [0.15, 0.2) is 12.4 Å². The first kappa shape index (κ1) is 6.80. The molecule has 0 aliphatic carbocycles. The molecular formula is C9H13N2+. The van der Waals surface area contributed by atoms with Crippen molar-refractivity contribution in [1.82, 2.24) is 5.32 Å². The molecule has 1 N–H and O–H groups in total. The van der Waals surface area contributed by atoms with Gasteiger partial charge in [-0.2, -0.15) is 0 Å². The van der Waals surface area contributed by atoms with Gasteiger partial charge in [-0.15, -0.1) is 0 Å². The third-order valence-electron chi connectivity index (χ3n) is 2.23. The van der Waals surface area contributed by atoms with Crippen LogP contribution >= 0.6 is 0 Å². The maximum Gasteiger partial charge on any atom is 0.168 e. The van der Waals surface area contributed by atoms with Crippen LogP contribution in [0.3, 0.4) is 0 Å². The van der Waals surface area contributed by atoms with Crippen LogP contribution in [0.4, 0.5) is 0 Å². The summed E-state index contributed by atoms with van der Waals surface area (Å²) in [5.41, 5.74) is 1.41. The van der Waals surface area contributed by atoms with Crippen molar-refractivity contribution in [2.45, 2.75) is 12.5 Å². The summed E-state index contributed by atoms with van der Waals surface area (Å²) in [4.78, 5) is 0. The highest BCUT2D eigenvalue weighted by Crippen LogP contribution is 2.20.